The zero-order valence-corrected chi connectivity index (χ0v) is 9.18. The van der Waals surface area contributed by atoms with Crippen LogP contribution in [0.5, 0.6) is 0 Å². The largest absolute Gasteiger partial charge is 0.356 e. The molecule has 0 amide bonds. The minimum absolute atomic E-state index is 0.365. The molecule has 0 unspecified atom stereocenters. The standard InChI is InChI=1S/C9H17O3P/c1-4-11-13(10,12-5-2)8(3)9-6-7-9/h9H,3-7H2,1-2H3. The molecule has 1 rings (SSSR count). The highest BCUT2D eigenvalue weighted by Gasteiger charge is 2.38. The van der Waals surface area contributed by atoms with E-state index in [1.54, 1.807) is 0 Å². The van der Waals surface area contributed by atoms with Crippen LogP contribution in [0.4, 0.5) is 0 Å². The Morgan fingerprint density at radius 2 is 1.85 bits per heavy atom. The number of hydrogen-bond donors (Lipinski definition) is 0. The maximum absolute atomic E-state index is 12.1. The van der Waals surface area contributed by atoms with Gasteiger partial charge in [-0.2, -0.15) is 0 Å². The SMILES string of the molecule is C=C(C1CC1)P(=O)(OCC)OCC. The Morgan fingerprint density at radius 3 is 2.15 bits per heavy atom. The van der Waals surface area contributed by atoms with Gasteiger partial charge >= 0.3 is 7.60 Å². The van der Waals surface area contributed by atoms with Crippen molar-refractivity contribution >= 4 is 7.60 Å². The van der Waals surface area contributed by atoms with Crippen LogP contribution in [0, 0.1) is 5.92 Å². The maximum atomic E-state index is 12.1. The zero-order chi connectivity index (χ0) is 9.90. The zero-order valence-electron chi connectivity index (χ0n) is 8.28. The van der Waals surface area contributed by atoms with Crippen LogP contribution in [0.2, 0.25) is 0 Å². The van der Waals surface area contributed by atoms with E-state index in [0.29, 0.717) is 24.4 Å². The molecule has 0 saturated heterocycles. The van der Waals surface area contributed by atoms with E-state index < -0.39 is 7.60 Å². The van der Waals surface area contributed by atoms with Crippen LogP contribution in [0.25, 0.3) is 0 Å². The van der Waals surface area contributed by atoms with Gasteiger partial charge in [0, 0.05) is 5.31 Å². The van der Waals surface area contributed by atoms with Gasteiger partial charge in [-0.1, -0.05) is 6.58 Å². The molecule has 76 valence electrons. The molecule has 0 atom stereocenters. The van der Waals surface area contributed by atoms with Gasteiger partial charge in [0.05, 0.1) is 13.2 Å². The van der Waals surface area contributed by atoms with Crippen molar-refractivity contribution in [3.8, 4) is 0 Å². The third kappa shape index (κ3) is 2.67. The molecule has 1 aliphatic carbocycles. The summed E-state index contributed by atoms with van der Waals surface area (Å²) in [5.41, 5.74) is 0. The van der Waals surface area contributed by atoms with Crippen molar-refractivity contribution in [3.05, 3.63) is 11.9 Å². The first-order valence-electron chi connectivity index (χ1n) is 4.72. The van der Waals surface area contributed by atoms with Gasteiger partial charge in [0.2, 0.25) is 0 Å². The van der Waals surface area contributed by atoms with Crippen molar-refractivity contribution in [2.45, 2.75) is 26.7 Å². The van der Waals surface area contributed by atoms with Crippen LogP contribution in [0.15, 0.2) is 11.9 Å². The van der Waals surface area contributed by atoms with Crippen LogP contribution >= 0.6 is 7.60 Å². The van der Waals surface area contributed by atoms with Gasteiger partial charge in [-0.05, 0) is 32.6 Å². The summed E-state index contributed by atoms with van der Waals surface area (Å²) in [5, 5.41) is 0.663. The molecule has 0 heterocycles. The Kier molecular flexibility index (Phi) is 3.72. The molecule has 1 fully saturated rings. The Hall–Kier alpha value is -0.110. The first-order valence-corrected chi connectivity index (χ1v) is 6.26. The summed E-state index contributed by atoms with van der Waals surface area (Å²) in [5.74, 6) is 0.365. The summed E-state index contributed by atoms with van der Waals surface area (Å²) in [6.07, 6.45) is 2.14. The highest BCUT2D eigenvalue weighted by molar-refractivity contribution is 7.58. The number of rotatable bonds is 6. The lowest BCUT2D eigenvalue weighted by Crippen LogP contribution is -1.99. The second-order valence-electron chi connectivity index (χ2n) is 3.10. The second-order valence-corrected chi connectivity index (χ2v) is 5.18. The average Bonchev–Trinajstić information content (AvgIpc) is 2.86. The minimum Gasteiger partial charge on any atom is -0.306 e. The van der Waals surface area contributed by atoms with Gasteiger partial charge in [-0.15, -0.1) is 0 Å². The van der Waals surface area contributed by atoms with Crippen LogP contribution < -0.4 is 0 Å². The van der Waals surface area contributed by atoms with E-state index in [-0.39, 0.29) is 0 Å². The van der Waals surface area contributed by atoms with E-state index in [2.05, 4.69) is 6.58 Å². The fourth-order valence-electron chi connectivity index (χ4n) is 1.18. The van der Waals surface area contributed by atoms with E-state index in [1.807, 2.05) is 13.8 Å². The van der Waals surface area contributed by atoms with Gasteiger partial charge in [0.1, 0.15) is 0 Å². The smallest absolute Gasteiger partial charge is 0.306 e. The topological polar surface area (TPSA) is 35.5 Å². The van der Waals surface area contributed by atoms with Crippen molar-refractivity contribution in [1.82, 2.24) is 0 Å². The molecule has 0 aromatic rings. The number of hydrogen-bond acceptors (Lipinski definition) is 3. The van der Waals surface area contributed by atoms with E-state index in [1.165, 1.54) is 0 Å². The molecule has 0 spiro atoms. The Labute approximate surface area is 79.7 Å². The summed E-state index contributed by atoms with van der Waals surface area (Å²) in [4.78, 5) is 0. The fraction of sp³-hybridized carbons (Fsp3) is 0.778. The molecule has 1 aliphatic rings. The van der Waals surface area contributed by atoms with Gasteiger partial charge < -0.3 is 9.05 Å². The molecule has 1 saturated carbocycles. The molecule has 0 radical (unpaired) electrons. The Bertz CT molecular complexity index is 223. The molecular formula is C9H17O3P. The van der Waals surface area contributed by atoms with Gasteiger partial charge in [0.15, 0.2) is 0 Å². The first-order chi connectivity index (χ1) is 6.14. The first kappa shape index (κ1) is 11.0. The molecule has 13 heavy (non-hydrogen) atoms. The Balaban J connectivity index is 2.63. The highest BCUT2D eigenvalue weighted by Crippen LogP contribution is 2.62. The van der Waals surface area contributed by atoms with Crippen molar-refractivity contribution in [3.63, 3.8) is 0 Å². The molecule has 0 aliphatic heterocycles. The van der Waals surface area contributed by atoms with E-state index in [9.17, 15) is 4.57 Å². The van der Waals surface area contributed by atoms with E-state index >= 15 is 0 Å². The molecule has 3 nitrogen and oxygen atoms in total. The van der Waals surface area contributed by atoms with Gasteiger partial charge in [-0.3, -0.25) is 4.57 Å². The van der Waals surface area contributed by atoms with Crippen molar-refractivity contribution in [1.29, 1.82) is 0 Å². The molecule has 0 aromatic heterocycles. The molecule has 4 heteroatoms. The third-order valence-corrected chi connectivity index (χ3v) is 4.26. The van der Waals surface area contributed by atoms with Crippen LogP contribution in [-0.4, -0.2) is 13.2 Å². The summed E-state index contributed by atoms with van der Waals surface area (Å²) < 4.78 is 22.4. The predicted octanol–water partition coefficient (Wildman–Crippen LogP) is 3.18. The van der Waals surface area contributed by atoms with Crippen LogP contribution in [0.1, 0.15) is 26.7 Å². The van der Waals surface area contributed by atoms with Crippen molar-refractivity contribution in [2.24, 2.45) is 5.92 Å². The normalized spacial score (nSPS) is 17.4. The monoisotopic (exact) mass is 204 g/mol. The number of allylic oxidation sites excluding steroid dienone is 1. The lowest BCUT2D eigenvalue weighted by Gasteiger charge is -2.18. The molecule has 0 N–H and O–H groups in total. The summed E-state index contributed by atoms with van der Waals surface area (Å²) in [6.45, 7) is 8.25. The van der Waals surface area contributed by atoms with E-state index in [0.717, 1.165) is 12.8 Å². The van der Waals surface area contributed by atoms with Crippen LogP contribution in [0.3, 0.4) is 0 Å². The van der Waals surface area contributed by atoms with Gasteiger partial charge in [0.25, 0.3) is 0 Å². The third-order valence-electron chi connectivity index (χ3n) is 2.00. The quantitative estimate of drug-likeness (QED) is 0.623. The maximum Gasteiger partial charge on any atom is 0.356 e. The second kappa shape index (κ2) is 4.41. The predicted molar refractivity (Wildman–Crippen MR) is 52.7 cm³/mol. The average molecular weight is 204 g/mol. The molecule has 0 aromatic carbocycles. The minimum atomic E-state index is -3.00. The lowest BCUT2D eigenvalue weighted by atomic mass is 10.4. The summed E-state index contributed by atoms with van der Waals surface area (Å²) >= 11 is 0. The molecule has 0 bridgehead atoms. The van der Waals surface area contributed by atoms with Crippen molar-refractivity contribution < 1.29 is 13.6 Å². The summed E-state index contributed by atoms with van der Waals surface area (Å²) in [6, 6.07) is 0. The van der Waals surface area contributed by atoms with Crippen LogP contribution in [-0.2, 0) is 13.6 Å². The van der Waals surface area contributed by atoms with Crippen molar-refractivity contribution in [2.75, 3.05) is 13.2 Å². The summed E-state index contributed by atoms with van der Waals surface area (Å²) in [7, 11) is -3.00. The molecular weight excluding hydrogens is 187 g/mol. The van der Waals surface area contributed by atoms with Gasteiger partial charge in [-0.25, -0.2) is 0 Å². The fourth-order valence-corrected chi connectivity index (χ4v) is 2.97. The highest BCUT2D eigenvalue weighted by atomic mass is 31.2. The lowest BCUT2D eigenvalue weighted by molar-refractivity contribution is 0.225. The Morgan fingerprint density at radius 1 is 1.38 bits per heavy atom. The van der Waals surface area contributed by atoms with E-state index in [4.69, 9.17) is 9.05 Å².